The number of amides is 3. The van der Waals surface area contributed by atoms with Crippen LogP contribution in [-0.2, 0) is 4.79 Å². The first-order chi connectivity index (χ1) is 16.2. The number of aromatic nitrogens is 1. The molecule has 1 aliphatic heterocycles. The molecule has 4 aromatic rings. The molecule has 0 saturated carbocycles. The number of thiazole rings is 1. The summed E-state index contributed by atoms with van der Waals surface area (Å²) < 4.78 is 1.14. The monoisotopic (exact) mass is 456 g/mol. The van der Waals surface area contributed by atoms with E-state index in [4.69, 9.17) is 4.98 Å². The van der Waals surface area contributed by atoms with Crippen LogP contribution in [0.1, 0.15) is 12.8 Å². The van der Waals surface area contributed by atoms with Crippen molar-refractivity contribution in [3.05, 3.63) is 78.9 Å². The molecule has 1 aliphatic rings. The molecular formula is C26H24N4O2S. The number of urea groups is 1. The maximum Gasteiger partial charge on any atom is 0.321 e. The number of hydrogen-bond donors (Lipinski definition) is 2. The van der Waals surface area contributed by atoms with Crippen molar-refractivity contribution in [1.82, 2.24) is 9.88 Å². The maximum atomic E-state index is 13.0. The average molecular weight is 457 g/mol. The molecule has 1 saturated heterocycles. The Bertz CT molecular complexity index is 1250. The van der Waals surface area contributed by atoms with E-state index in [0.29, 0.717) is 13.1 Å². The summed E-state index contributed by atoms with van der Waals surface area (Å²) in [5, 5.41) is 6.88. The molecule has 3 aromatic carbocycles. The normalized spacial score (nSPS) is 15.9. The Hall–Kier alpha value is -3.71. The highest BCUT2D eigenvalue weighted by Crippen LogP contribution is 2.31. The molecule has 3 amide bonds. The number of likely N-dealkylation sites (tertiary alicyclic amines) is 1. The van der Waals surface area contributed by atoms with E-state index < -0.39 is 0 Å². The number of fused-ring (bicyclic) bond motifs is 1. The van der Waals surface area contributed by atoms with E-state index in [-0.39, 0.29) is 17.9 Å². The van der Waals surface area contributed by atoms with Crippen LogP contribution in [0.25, 0.3) is 20.8 Å². The molecule has 6 nitrogen and oxygen atoms in total. The average Bonchev–Trinajstić information content (AvgIpc) is 3.29. The summed E-state index contributed by atoms with van der Waals surface area (Å²) in [6, 6.07) is 25.0. The lowest BCUT2D eigenvalue weighted by atomic mass is 9.97. The van der Waals surface area contributed by atoms with Crippen molar-refractivity contribution in [2.75, 3.05) is 23.7 Å². The number of para-hydroxylation sites is 2. The Morgan fingerprint density at radius 3 is 2.55 bits per heavy atom. The highest BCUT2D eigenvalue weighted by atomic mass is 32.1. The number of carbonyl (C=O) groups is 2. The van der Waals surface area contributed by atoms with Gasteiger partial charge in [0.05, 0.1) is 16.1 Å². The van der Waals surface area contributed by atoms with Gasteiger partial charge in [0.1, 0.15) is 5.01 Å². The lowest BCUT2D eigenvalue weighted by Gasteiger charge is -2.32. The predicted octanol–water partition coefficient (Wildman–Crippen LogP) is 5.85. The number of rotatable bonds is 4. The predicted molar refractivity (Wildman–Crippen MR) is 133 cm³/mol. The van der Waals surface area contributed by atoms with Crippen LogP contribution in [0.5, 0.6) is 0 Å². The minimum absolute atomic E-state index is 0.0614. The summed E-state index contributed by atoms with van der Waals surface area (Å²) in [4.78, 5) is 32.1. The lowest BCUT2D eigenvalue weighted by Crippen LogP contribution is -2.45. The quantitative estimate of drug-likeness (QED) is 0.405. The third-order valence-corrected chi connectivity index (χ3v) is 6.86. The van der Waals surface area contributed by atoms with E-state index in [2.05, 4.69) is 16.7 Å². The zero-order chi connectivity index (χ0) is 22.6. The number of nitrogens with one attached hydrogen (secondary N) is 2. The largest absolute Gasteiger partial charge is 0.326 e. The minimum atomic E-state index is -0.244. The van der Waals surface area contributed by atoms with Gasteiger partial charge >= 0.3 is 6.03 Å². The molecule has 2 N–H and O–H groups in total. The summed E-state index contributed by atoms with van der Waals surface area (Å²) in [5.74, 6) is -0.306. The summed E-state index contributed by atoms with van der Waals surface area (Å²) in [7, 11) is 0. The molecule has 5 rings (SSSR count). The van der Waals surface area contributed by atoms with Crippen LogP contribution in [-0.4, -0.2) is 34.9 Å². The number of hydrogen-bond acceptors (Lipinski definition) is 4. The molecule has 7 heteroatoms. The summed E-state index contributed by atoms with van der Waals surface area (Å²) in [6.07, 6.45) is 1.56. The van der Waals surface area contributed by atoms with Crippen molar-refractivity contribution >= 4 is 44.9 Å². The van der Waals surface area contributed by atoms with E-state index in [1.807, 2.05) is 72.8 Å². The smallest absolute Gasteiger partial charge is 0.321 e. The van der Waals surface area contributed by atoms with Crippen LogP contribution >= 0.6 is 11.3 Å². The van der Waals surface area contributed by atoms with Gasteiger partial charge in [0.2, 0.25) is 5.91 Å². The van der Waals surface area contributed by atoms with Gasteiger partial charge in [-0.15, -0.1) is 11.3 Å². The van der Waals surface area contributed by atoms with Gasteiger partial charge in [0.15, 0.2) is 0 Å². The van der Waals surface area contributed by atoms with Gasteiger partial charge < -0.3 is 15.5 Å². The molecule has 33 heavy (non-hydrogen) atoms. The van der Waals surface area contributed by atoms with Gasteiger partial charge in [-0.25, -0.2) is 9.78 Å². The first-order valence-corrected chi connectivity index (χ1v) is 11.9. The van der Waals surface area contributed by atoms with Crippen LogP contribution < -0.4 is 10.6 Å². The number of carbonyl (C=O) groups excluding carboxylic acids is 2. The number of nitrogens with zero attached hydrogens (tertiary/aromatic N) is 2. The van der Waals surface area contributed by atoms with Gasteiger partial charge in [-0.05, 0) is 49.2 Å². The van der Waals surface area contributed by atoms with Gasteiger partial charge in [-0.1, -0.05) is 42.5 Å². The second-order valence-electron chi connectivity index (χ2n) is 8.14. The van der Waals surface area contributed by atoms with E-state index >= 15 is 0 Å². The van der Waals surface area contributed by atoms with E-state index in [1.54, 1.807) is 16.2 Å². The lowest BCUT2D eigenvalue weighted by molar-refractivity contribution is -0.121. The van der Waals surface area contributed by atoms with Crippen LogP contribution in [0.4, 0.5) is 16.2 Å². The Labute approximate surface area is 196 Å². The third-order valence-electron chi connectivity index (χ3n) is 5.78. The molecule has 0 spiro atoms. The fourth-order valence-electron chi connectivity index (χ4n) is 4.07. The van der Waals surface area contributed by atoms with Crippen molar-refractivity contribution in [3.8, 4) is 10.6 Å². The molecule has 1 atom stereocenters. The van der Waals surface area contributed by atoms with Gasteiger partial charge in [0, 0.05) is 30.0 Å². The van der Waals surface area contributed by atoms with E-state index in [1.165, 1.54) is 0 Å². The molecule has 1 unspecified atom stereocenters. The molecule has 2 heterocycles. The van der Waals surface area contributed by atoms with Crippen LogP contribution in [0.3, 0.4) is 0 Å². The van der Waals surface area contributed by atoms with Crippen molar-refractivity contribution in [3.63, 3.8) is 0 Å². The standard InChI is InChI=1S/C26H24N4O2S/c31-24(19-9-7-15-30(17-19)26(32)28-20-10-2-1-3-11-20)27-21-12-6-8-18(16-21)25-29-22-13-4-5-14-23(22)33-25/h1-6,8,10-14,16,19H,7,9,15,17H2,(H,27,31)(H,28,32). The fourth-order valence-corrected chi connectivity index (χ4v) is 5.03. The minimum Gasteiger partial charge on any atom is -0.326 e. The van der Waals surface area contributed by atoms with E-state index in [0.717, 1.165) is 45.0 Å². The SMILES string of the molecule is O=C(Nc1cccc(-c2nc3ccccc3s2)c1)C1CCCN(C(=O)Nc2ccccc2)C1. The highest BCUT2D eigenvalue weighted by molar-refractivity contribution is 7.21. The maximum absolute atomic E-state index is 13.0. The van der Waals surface area contributed by atoms with E-state index in [9.17, 15) is 9.59 Å². The molecule has 1 fully saturated rings. The topological polar surface area (TPSA) is 74.3 Å². The summed E-state index contributed by atoms with van der Waals surface area (Å²) in [5.41, 5.74) is 3.44. The van der Waals surface area contributed by atoms with Crippen LogP contribution in [0.2, 0.25) is 0 Å². The summed E-state index contributed by atoms with van der Waals surface area (Å²) >= 11 is 1.64. The number of benzene rings is 3. The molecule has 0 aliphatic carbocycles. The van der Waals surface area contributed by atoms with Gasteiger partial charge in [-0.3, -0.25) is 4.79 Å². The Balaban J connectivity index is 1.24. The Morgan fingerprint density at radius 1 is 0.909 bits per heavy atom. The van der Waals surface area contributed by atoms with Crippen LogP contribution in [0, 0.1) is 5.92 Å². The zero-order valence-corrected chi connectivity index (χ0v) is 18.8. The fraction of sp³-hybridized carbons (Fsp3) is 0.192. The first kappa shape index (κ1) is 21.2. The molecule has 0 radical (unpaired) electrons. The molecule has 1 aromatic heterocycles. The number of anilines is 2. The molecular weight excluding hydrogens is 432 g/mol. The van der Waals surface area contributed by atoms with Gasteiger partial charge in [0.25, 0.3) is 0 Å². The summed E-state index contributed by atoms with van der Waals surface area (Å²) in [6.45, 7) is 1.05. The highest BCUT2D eigenvalue weighted by Gasteiger charge is 2.28. The zero-order valence-electron chi connectivity index (χ0n) is 18.0. The first-order valence-electron chi connectivity index (χ1n) is 11.0. The van der Waals surface area contributed by atoms with Crippen molar-refractivity contribution in [1.29, 1.82) is 0 Å². The van der Waals surface area contributed by atoms with Crippen molar-refractivity contribution in [2.45, 2.75) is 12.8 Å². The molecule has 0 bridgehead atoms. The Morgan fingerprint density at radius 2 is 1.70 bits per heavy atom. The molecule has 166 valence electrons. The second kappa shape index (κ2) is 9.42. The number of piperidine rings is 1. The Kier molecular flexibility index (Phi) is 6.04. The van der Waals surface area contributed by atoms with Crippen molar-refractivity contribution in [2.24, 2.45) is 5.92 Å². The van der Waals surface area contributed by atoms with Gasteiger partial charge in [-0.2, -0.15) is 0 Å². The van der Waals surface area contributed by atoms with Crippen molar-refractivity contribution < 1.29 is 9.59 Å². The third kappa shape index (κ3) is 4.88. The van der Waals surface area contributed by atoms with Crippen LogP contribution in [0.15, 0.2) is 78.9 Å². The second-order valence-corrected chi connectivity index (χ2v) is 9.17.